The summed E-state index contributed by atoms with van der Waals surface area (Å²) >= 11 is 0. The Morgan fingerprint density at radius 3 is 2.87 bits per heavy atom. The van der Waals surface area contributed by atoms with Crippen LogP contribution in [0, 0.1) is 11.3 Å². The standard InChI is InChI=1S/C14H11F3N6/c1-2-8-11-9(6-18)22-23(13(11)21-7-20-8)10-4-3-5-19-12(10)14(15,16)17/h3-5,7-8H,2H2,1H3,(H,20,21). The van der Waals surface area contributed by atoms with Gasteiger partial charge in [-0.3, -0.25) is 4.99 Å². The summed E-state index contributed by atoms with van der Waals surface area (Å²) in [7, 11) is 0. The van der Waals surface area contributed by atoms with Crippen LogP contribution in [0.1, 0.15) is 36.3 Å². The van der Waals surface area contributed by atoms with Crippen molar-refractivity contribution >= 4 is 12.2 Å². The molecule has 0 saturated carbocycles. The van der Waals surface area contributed by atoms with E-state index in [1.54, 1.807) is 0 Å². The summed E-state index contributed by atoms with van der Waals surface area (Å²) in [6, 6.07) is 4.25. The first-order chi connectivity index (χ1) is 11.0. The second-order valence-corrected chi connectivity index (χ2v) is 4.85. The molecule has 1 unspecified atom stereocenters. The molecule has 1 aliphatic rings. The van der Waals surface area contributed by atoms with Gasteiger partial charge >= 0.3 is 6.18 Å². The van der Waals surface area contributed by atoms with E-state index in [1.807, 2.05) is 13.0 Å². The van der Waals surface area contributed by atoms with Crippen molar-refractivity contribution in [3.8, 4) is 11.8 Å². The molecule has 118 valence electrons. The lowest BCUT2D eigenvalue weighted by Crippen LogP contribution is -2.17. The van der Waals surface area contributed by atoms with Crippen LogP contribution >= 0.6 is 0 Å². The van der Waals surface area contributed by atoms with Gasteiger partial charge < -0.3 is 5.32 Å². The molecule has 3 heterocycles. The van der Waals surface area contributed by atoms with Gasteiger partial charge in [0.2, 0.25) is 0 Å². The number of nitrogens with zero attached hydrogens (tertiary/aromatic N) is 5. The van der Waals surface area contributed by atoms with Crippen molar-refractivity contribution in [1.82, 2.24) is 14.8 Å². The molecule has 1 aliphatic heterocycles. The van der Waals surface area contributed by atoms with E-state index >= 15 is 0 Å². The second kappa shape index (κ2) is 5.39. The number of nitrogens with one attached hydrogen (secondary N) is 1. The van der Waals surface area contributed by atoms with Crippen LogP contribution in [-0.4, -0.2) is 21.1 Å². The van der Waals surface area contributed by atoms with Crippen molar-refractivity contribution in [2.45, 2.75) is 25.6 Å². The number of rotatable bonds is 2. The fourth-order valence-electron chi connectivity index (χ4n) is 2.50. The largest absolute Gasteiger partial charge is 0.435 e. The zero-order valence-electron chi connectivity index (χ0n) is 12.0. The molecule has 0 aliphatic carbocycles. The highest BCUT2D eigenvalue weighted by atomic mass is 19.4. The quantitative estimate of drug-likeness (QED) is 0.922. The van der Waals surface area contributed by atoms with Crippen LogP contribution in [0.15, 0.2) is 23.3 Å². The minimum absolute atomic E-state index is 0.0492. The van der Waals surface area contributed by atoms with Crippen LogP contribution in [0.2, 0.25) is 0 Å². The first kappa shape index (κ1) is 15.0. The van der Waals surface area contributed by atoms with Crippen LogP contribution in [0.3, 0.4) is 0 Å². The zero-order chi connectivity index (χ0) is 16.6. The molecular formula is C14H11F3N6. The maximum atomic E-state index is 13.2. The minimum atomic E-state index is -4.63. The highest BCUT2D eigenvalue weighted by molar-refractivity contribution is 5.80. The molecular weight excluding hydrogens is 309 g/mol. The monoisotopic (exact) mass is 320 g/mol. The molecule has 6 nitrogen and oxygen atoms in total. The number of aliphatic imine (C=N–C) groups is 1. The average Bonchev–Trinajstić information content (AvgIpc) is 2.93. The van der Waals surface area contributed by atoms with Crippen molar-refractivity contribution in [3.05, 3.63) is 35.3 Å². The first-order valence-electron chi connectivity index (χ1n) is 6.81. The van der Waals surface area contributed by atoms with Gasteiger partial charge in [-0.25, -0.2) is 9.67 Å². The van der Waals surface area contributed by atoms with Crippen LogP contribution in [0.4, 0.5) is 19.0 Å². The Bertz CT molecular complexity index is 815. The van der Waals surface area contributed by atoms with E-state index < -0.39 is 11.9 Å². The number of alkyl halides is 3. The van der Waals surface area contributed by atoms with Gasteiger partial charge in [0, 0.05) is 6.20 Å². The Balaban J connectivity index is 2.26. The highest BCUT2D eigenvalue weighted by Gasteiger charge is 2.37. The van der Waals surface area contributed by atoms with Crippen LogP contribution < -0.4 is 5.32 Å². The van der Waals surface area contributed by atoms with E-state index in [0.29, 0.717) is 17.8 Å². The molecule has 23 heavy (non-hydrogen) atoms. The Morgan fingerprint density at radius 1 is 1.43 bits per heavy atom. The third-order valence-electron chi connectivity index (χ3n) is 3.49. The molecule has 0 radical (unpaired) electrons. The number of nitriles is 1. The van der Waals surface area contributed by atoms with E-state index in [1.165, 1.54) is 18.5 Å². The Labute approximate surface area is 129 Å². The topological polar surface area (TPSA) is 78.9 Å². The number of hydrogen-bond acceptors (Lipinski definition) is 5. The van der Waals surface area contributed by atoms with Gasteiger partial charge in [-0.05, 0) is 18.6 Å². The summed E-state index contributed by atoms with van der Waals surface area (Å²) in [4.78, 5) is 7.62. The van der Waals surface area contributed by atoms with Crippen molar-refractivity contribution in [2.75, 3.05) is 5.32 Å². The van der Waals surface area contributed by atoms with Gasteiger partial charge in [0.15, 0.2) is 11.4 Å². The van der Waals surface area contributed by atoms with Gasteiger partial charge in [-0.2, -0.15) is 23.5 Å². The molecule has 0 amide bonds. The summed E-state index contributed by atoms with van der Waals surface area (Å²) in [5.74, 6) is 0.307. The molecule has 2 aromatic heterocycles. The molecule has 1 N–H and O–H groups in total. The Hall–Kier alpha value is -2.89. The molecule has 2 aromatic rings. The third-order valence-corrected chi connectivity index (χ3v) is 3.49. The highest BCUT2D eigenvalue weighted by Crippen LogP contribution is 2.38. The number of fused-ring (bicyclic) bond motifs is 1. The van der Waals surface area contributed by atoms with Gasteiger partial charge in [0.25, 0.3) is 0 Å². The Kier molecular flexibility index (Phi) is 3.52. The third kappa shape index (κ3) is 2.42. The van der Waals surface area contributed by atoms with Crippen molar-refractivity contribution < 1.29 is 13.2 Å². The van der Waals surface area contributed by atoms with Crippen LogP contribution in [0.5, 0.6) is 0 Å². The van der Waals surface area contributed by atoms with E-state index in [9.17, 15) is 18.4 Å². The fourth-order valence-corrected chi connectivity index (χ4v) is 2.50. The average molecular weight is 320 g/mol. The number of anilines is 1. The van der Waals surface area contributed by atoms with E-state index in [2.05, 4.69) is 20.4 Å². The summed E-state index contributed by atoms with van der Waals surface area (Å²) in [5.41, 5.74) is -0.759. The number of aromatic nitrogens is 3. The predicted octanol–water partition coefficient (Wildman–Crippen LogP) is 3.06. The molecule has 3 rings (SSSR count). The fraction of sp³-hybridized carbons (Fsp3) is 0.286. The minimum Gasteiger partial charge on any atom is -0.331 e. The maximum Gasteiger partial charge on any atom is 0.435 e. The SMILES string of the molecule is CCC1N=CNc2c1c(C#N)nn2-c1cccnc1C(F)(F)F. The molecule has 0 saturated heterocycles. The first-order valence-corrected chi connectivity index (χ1v) is 6.81. The smallest absolute Gasteiger partial charge is 0.331 e. The van der Waals surface area contributed by atoms with Gasteiger partial charge in [-0.15, -0.1) is 0 Å². The Morgan fingerprint density at radius 2 is 2.22 bits per heavy atom. The van der Waals surface area contributed by atoms with Crippen molar-refractivity contribution in [3.63, 3.8) is 0 Å². The number of hydrogen-bond donors (Lipinski definition) is 1. The van der Waals surface area contributed by atoms with E-state index in [0.717, 1.165) is 10.9 Å². The molecule has 0 spiro atoms. The second-order valence-electron chi connectivity index (χ2n) is 4.85. The summed E-state index contributed by atoms with van der Waals surface area (Å²) in [5, 5.41) is 16.1. The van der Waals surface area contributed by atoms with E-state index in [-0.39, 0.29) is 17.4 Å². The van der Waals surface area contributed by atoms with Crippen LogP contribution in [-0.2, 0) is 6.18 Å². The van der Waals surface area contributed by atoms with Crippen molar-refractivity contribution in [1.29, 1.82) is 5.26 Å². The lowest BCUT2D eigenvalue weighted by molar-refractivity contribution is -0.141. The predicted molar refractivity (Wildman–Crippen MR) is 76.2 cm³/mol. The summed E-state index contributed by atoms with van der Waals surface area (Å²) in [6.07, 6.45) is -1.56. The molecule has 0 fully saturated rings. The molecule has 0 aromatic carbocycles. The lowest BCUT2D eigenvalue weighted by atomic mass is 10.0. The summed E-state index contributed by atoms with van der Waals surface area (Å²) < 4.78 is 40.6. The number of halogens is 3. The molecule has 0 bridgehead atoms. The van der Waals surface area contributed by atoms with Gasteiger partial charge in [-0.1, -0.05) is 6.92 Å². The molecule has 9 heteroatoms. The van der Waals surface area contributed by atoms with Crippen molar-refractivity contribution in [2.24, 2.45) is 4.99 Å². The van der Waals surface area contributed by atoms with Gasteiger partial charge in [0.1, 0.15) is 11.9 Å². The van der Waals surface area contributed by atoms with E-state index in [4.69, 9.17) is 0 Å². The molecule has 1 atom stereocenters. The normalized spacial score (nSPS) is 16.6. The van der Waals surface area contributed by atoms with Crippen LogP contribution in [0.25, 0.3) is 5.69 Å². The zero-order valence-corrected chi connectivity index (χ0v) is 12.0. The lowest BCUT2D eigenvalue weighted by Gasteiger charge is -2.18. The van der Waals surface area contributed by atoms with Gasteiger partial charge in [0.05, 0.1) is 23.6 Å². The maximum absolute atomic E-state index is 13.2. The summed E-state index contributed by atoms with van der Waals surface area (Å²) in [6.45, 7) is 1.88. The number of pyridine rings is 1.